The van der Waals surface area contributed by atoms with Gasteiger partial charge in [-0.25, -0.2) is 14.8 Å². The number of anilines is 1. The highest BCUT2D eigenvalue weighted by atomic mass is 16.5. The van der Waals surface area contributed by atoms with Gasteiger partial charge in [-0.3, -0.25) is 4.57 Å². The van der Waals surface area contributed by atoms with E-state index in [1.54, 1.807) is 21.3 Å². The van der Waals surface area contributed by atoms with Gasteiger partial charge in [-0.1, -0.05) is 6.07 Å². The first-order chi connectivity index (χ1) is 11.6. The van der Waals surface area contributed by atoms with Crippen LogP contribution in [0.2, 0.25) is 0 Å². The van der Waals surface area contributed by atoms with Gasteiger partial charge in [0.05, 0.1) is 14.2 Å². The molecule has 8 nitrogen and oxygen atoms in total. The van der Waals surface area contributed by atoms with E-state index < -0.39 is 0 Å². The molecule has 2 aromatic heterocycles. The fourth-order valence-electron chi connectivity index (χ4n) is 2.53. The molecule has 0 bridgehead atoms. The molecule has 3 aromatic rings. The summed E-state index contributed by atoms with van der Waals surface area (Å²) in [6.45, 7) is 0.651. The van der Waals surface area contributed by atoms with Crippen LogP contribution in [0, 0.1) is 0 Å². The summed E-state index contributed by atoms with van der Waals surface area (Å²) in [5, 5.41) is 3.24. The lowest BCUT2D eigenvalue weighted by molar-refractivity contribution is 0.354. The molecule has 1 aromatic carbocycles. The van der Waals surface area contributed by atoms with E-state index in [0.29, 0.717) is 35.0 Å². The van der Waals surface area contributed by atoms with E-state index in [9.17, 15) is 4.79 Å². The molecule has 0 spiro atoms. The van der Waals surface area contributed by atoms with Crippen molar-refractivity contribution in [3.63, 3.8) is 0 Å². The molecule has 0 aliphatic heterocycles. The summed E-state index contributed by atoms with van der Waals surface area (Å²) in [4.78, 5) is 22.8. The van der Waals surface area contributed by atoms with Gasteiger partial charge in [0.15, 0.2) is 23.0 Å². The number of H-pyrrole nitrogens is 1. The number of nitrogens with zero attached hydrogens (tertiary/aromatic N) is 3. The SMILES string of the molecule is COc1ccc(CCNc2ncnc3c2[nH]c(=O)n3C)cc1OC. The highest BCUT2D eigenvalue weighted by Crippen LogP contribution is 2.27. The monoisotopic (exact) mass is 329 g/mol. The van der Waals surface area contributed by atoms with Crippen LogP contribution in [-0.2, 0) is 13.5 Å². The zero-order valence-electron chi connectivity index (χ0n) is 13.8. The average molecular weight is 329 g/mol. The summed E-state index contributed by atoms with van der Waals surface area (Å²) >= 11 is 0. The molecule has 0 unspecified atom stereocenters. The van der Waals surface area contributed by atoms with Crippen molar-refractivity contribution in [2.75, 3.05) is 26.1 Å². The van der Waals surface area contributed by atoms with Crippen molar-refractivity contribution in [2.45, 2.75) is 6.42 Å². The Morgan fingerprint density at radius 3 is 2.75 bits per heavy atom. The van der Waals surface area contributed by atoms with E-state index in [4.69, 9.17) is 9.47 Å². The maximum Gasteiger partial charge on any atom is 0.327 e. The van der Waals surface area contributed by atoms with Crippen LogP contribution in [0.5, 0.6) is 11.5 Å². The standard InChI is InChI=1S/C16H19N5O3/c1-21-15-13(20-16(21)22)14(18-9-19-15)17-7-6-10-4-5-11(23-2)12(8-10)24-3/h4-5,8-9H,6-7H2,1-3H3,(H,20,22)(H,17,18,19). The van der Waals surface area contributed by atoms with Crippen molar-refractivity contribution in [1.82, 2.24) is 19.5 Å². The minimum Gasteiger partial charge on any atom is -0.493 e. The number of aromatic nitrogens is 4. The van der Waals surface area contributed by atoms with E-state index in [-0.39, 0.29) is 5.69 Å². The van der Waals surface area contributed by atoms with Crippen LogP contribution in [0.4, 0.5) is 5.82 Å². The fraction of sp³-hybridized carbons (Fsp3) is 0.312. The second-order valence-electron chi connectivity index (χ2n) is 5.28. The molecule has 0 saturated heterocycles. The number of hydrogen-bond donors (Lipinski definition) is 2. The van der Waals surface area contributed by atoms with Crippen molar-refractivity contribution in [2.24, 2.45) is 7.05 Å². The molecule has 0 aliphatic rings. The molecule has 8 heteroatoms. The van der Waals surface area contributed by atoms with Crippen LogP contribution in [0.3, 0.4) is 0 Å². The molecule has 0 fully saturated rings. The second kappa shape index (κ2) is 6.61. The van der Waals surface area contributed by atoms with E-state index in [1.165, 1.54) is 10.9 Å². The van der Waals surface area contributed by atoms with Gasteiger partial charge in [0.1, 0.15) is 11.8 Å². The summed E-state index contributed by atoms with van der Waals surface area (Å²) in [5.41, 5.74) is 2.07. The number of methoxy groups -OCH3 is 2. The predicted octanol–water partition coefficient (Wildman–Crippen LogP) is 1.33. The number of benzene rings is 1. The number of aryl methyl sites for hydroxylation is 1. The van der Waals surface area contributed by atoms with E-state index >= 15 is 0 Å². The Kier molecular flexibility index (Phi) is 4.37. The van der Waals surface area contributed by atoms with Crippen LogP contribution in [0.1, 0.15) is 5.56 Å². The topological polar surface area (TPSA) is 94.1 Å². The van der Waals surface area contributed by atoms with Crippen LogP contribution >= 0.6 is 0 Å². The largest absolute Gasteiger partial charge is 0.493 e. The van der Waals surface area contributed by atoms with Crippen molar-refractivity contribution in [1.29, 1.82) is 0 Å². The fourth-order valence-corrected chi connectivity index (χ4v) is 2.53. The van der Waals surface area contributed by atoms with E-state index in [2.05, 4.69) is 20.3 Å². The van der Waals surface area contributed by atoms with Gasteiger partial charge in [-0.2, -0.15) is 0 Å². The van der Waals surface area contributed by atoms with Crippen LogP contribution < -0.4 is 20.5 Å². The van der Waals surface area contributed by atoms with Crippen LogP contribution in [0.15, 0.2) is 29.3 Å². The number of aromatic amines is 1. The normalized spacial score (nSPS) is 10.8. The van der Waals surface area contributed by atoms with Gasteiger partial charge in [0, 0.05) is 13.6 Å². The van der Waals surface area contributed by atoms with E-state index in [1.807, 2.05) is 18.2 Å². The number of fused-ring (bicyclic) bond motifs is 1. The van der Waals surface area contributed by atoms with Crippen molar-refractivity contribution >= 4 is 17.0 Å². The van der Waals surface area contributed by atoms with Gasteiger partial charge in [-0.05, 0) is 24.1 Å². The molecule has 0 radical (unpaired) electrons. The van der Waals surface area contributed by atoms with Crippen molar-refractivity contribution in [3.05, 3.63) is 40.6 Å². The minimum atomic E-state index is -0.214. The maximum absolute atomic E-state index is 11.7. The summed E-state index contributed by atoms with van der Waals surface area (Å²) in [5.74, 6) is 2.01. The molecule has 126 valence electrons. The number of ether oxygens (including phenoxy) is 2. The molecule has 0 amide bonds. The molecule has 2 heterocycles. The lowest BCUT2D eigenvalue weighted by Crippen LogP contribution is -2.12. The third-order valence-corrected chi connectivity index (χ3v) is 3.84. The first-order valence-electron chi connectivity index (χ1n) is 7.48. The Labute approximate surface area is 138 Å². The summed E-state index contributed by atoms with van der Waals surface area (Å²) in [6, 6.07) is 5.81. The van der Waals surface area contributed by atoms with Crippen molar-refractivity contribution < 1.29 is 9.47 Å². The molecular weight excluding hydrogens is 310 g/mol. The molecule has 2 N–H and O–H groups in total. The lowest BCUT2D eigenvalue weighted by Gasteiger charge is -2.10. The molecule has 0 atom stereocenters. The van der Waals surface area contributed by atoms with E-state index in [0.717, 1.165) is 12.0 Å². The van der Waals surface area contributed by atoms with Gasteiger partial charge in [-0.15, -0.1) is 0 Å². The van der Waals surface area contributed by atoms with Gasteiger partial charge in [0.25, 0.3) is 0 Å². The zero-order chi connectivity index (χ0) is 17.1. The summed E-state index contributed by atoms with van der Waals surface area (Å²) in [7, 11) is 4.89. The lowest BCUT2D eigenvalue weighted by atomic mass is 10.1. The van der Waals surface area contributed by atoms with Crippen LogP contribution in [0.25, 0.3) is 11.2 Å². The van der Waals surface area contributed by atoms with Crippen molar-refractivity contribution in [3.8, 4) is 11.5 Å². The number of nitrogens with one attached hydrogen (secondary N) is 2. The minimum absolute atomic E-state index is 0.214. The Balaban J connectivity index is 1.73. The van der Waals surface area contributed by atoms with Gasteiger partial charge in [0.2, 0.25) is 0 Å². The second-order valence-corrected chi connectivity index (χ2v) is 5.28. The van der Waals surface area contributed by atoms with Gasteiger partial charge < -0.3 is 19.8 Å². The maximum atomic E-state index is 11.7. The number of imidazole rings is 1. The molecule has 0 saturated carbocycles. The molecule has 24 heavy (non-hydrogen) atoms. The van der Waals surface area contributed by atoms with Crippen LogP contribution in [-0.4, -0.2) is 40.3 Å². The predicted molar refractivity (Wildman–Crippen MR) is 90.9 cm³/mol. The highest BCUT2D eigenvalue weighted by molar-refractivity contribution is 5.82. The first-order valence-corrected chi connectivity index (χ1v) is 7.48. The number of rotatable bonds is 6. The Morgan fingerprint density at radius 1 is 1.21 bits per heavy atom. The summed E-state index contributed by atoms with van der Waals surface area (Å²) in [6.07, 6.45) is 2.21. The third-order valence-electron chi connectivity index (χ3n) is 3.84. The smallest absolute Gasteiger partial charge is 0.327 e. The highest BCUT2D eigenvalue weighted by Gasteiger charge is 2.10. The Morgan fingerprint density at radius 2 is 2.00 bits per heavy atom. The summed E-state index contributed by atoms with van der Waals surface area (Å²) < 4.78 is 12.0. The molecular formula is C16H19N5O3. The molecule has 3 rings (SSSR count). The Bertz CT molecular complexity index is 916. The quantitative estimate of drug-likeness (QED) is 0.708. The molecule has 0 aliphatic carbocycles. The number of hydrogen-bond acceptors (Lipinski definition) is 6. The van der Waals surface area contributed by atoms with Gasteiger partial charge >= 0.3 is 5.69 Å². The third kappa shape index (κ3) is 2.90. The first kappa shape index (κ1) is 15.9. The Hall–Kier alpha value is -3.03. The average Bonchev–Trinajstić information content (AvgIpc) is 2.90. The zero-order valence-corrected chi connectivity index (χ0v) is 13.8.